The first-order chi connectivity index (χ1) is 5.38. The van der Waals surface area contributed by atoms with Crippen molar-refractivity contribution in [3.05, 3.63) is 0 Å². The van der Waals surface area contributed by atoms with E-state index in [9.17, 15) is 0 Å². The predicted molar refractivity (Wildman–Crippen MR) is 47.1 cm³/mol. The van der Waals surface area contributed by atoms with E-state index in [1.165, 1.54) is 12.8 Å². The minimum atomic E-state index is 0.568. The van der Waals surface area contributed by atoms with Crippen LogP contribution in [0.25, 0.3) is 0 Å². The van der Waals surface area contributed by atoms with Crippen molar-refractivity contribution in [2.75, 3.05) is 19.6 Å². The van der Waals surface area contributed by atoms with Crippen LogP contribution in [0.4, 0.5) is 0 Å². The van der Waals surface area contributed by atoms with Gasteiger partial charge in [0.2, 0.25) is 0 Å². The maximum absolute atomic E-state index is 5.37. The molecule has 0 spiro atoms. The first-order valence-electron chi connectivity index (χ1n) is 4.32. The molecule has 1 rings (SSSR count). The quantitative estimate of drug-likeness (QED) is 0.584. The topological polar surface area (TPSA) is 15.3 Å². The second-order valence-corrected chi connectivity index (χ2v) is 2.97. The summed E-state index contributed by atoms with van der Waals surface area (Å²) in [6.45, 7) is 5.28. The van der Waals surface area contributed by atoms with Crippen LogP contribution in [0.1, 0.15) is 19.8 Å². The molecule has 0 bridgehead atoms. The Hall–Kier alpha value is -0.680. The molecule has 11 heavy (non-hydrogen) atoms. The molecular formula is C9H16N2. The molecule has 1 fully saturated rings. The molecule has 1 atom stereocenters. The van der Waals surface area contributed by atoms with E-state index in [2.05, 4.69) is 23.2 Å². The molecule has 2 heteroatoms. The van der Waals surface area contributed by atoms with Crippen molar-refractivity contribution in [2.24, 2.45) is 0 Å². The number of nitrogens with zero attached hydrogens (tertiary/aromatic N) is 1. The summed E-state index contributed by atoms with van der Waals surface area (Å²) < 4.78 is 0. The lowest BCUT2D eigenvalue weighted by atomic mass is 10.1. The summed E-state index contributed by atoms with van der Waals surface area (Å²) in [6.07, 6.45) is 7.79. The van der Waals surface area contributed by atoms with E-state index in [-0.39, 0.29) is 0 Å². The fourth-order valence-electron chi connectivity index (χ4n) is 1.52. The third kappa shape index (κ3) is 2.13. The Morgan fingerprint density at radius 2 is 2.55 bits per heavy atom. The number of rotatable bonds is 2. The fourth-order valence-corrected chi connectivity index (χ4v) is 1.52. The zero-order chi connectivity index (χ0) is 8.10. The summed E-state index contributed by atoms with van der Waals surface area (Å²) in [4.78, 5) is 2.11. The molecule has 0 aliphatic carbocycles. The van der Waals surface area contributed by atoms with Crippen molar-refractivity contribution in [2.45, 2.75) is 25.8 Å². The molecule has 1 unspecified atom stereocenters. The largest absolute Gasteiger partial charge is 0.327 e. The molecule has 2 nitrogen and oxygen atoms in total. The first kappa shape index (κ1) is 8.42. The smallest absolute Gasteiger partial charge is 0.0496 e. The van der Waals surface area contributed by atoms with Gasteiger partial charge in [0.25, 0.3) is 0 Å². The Balaban J connectivity index is 2.39. The predicted octanol–water partition coefficient (Wildman–Crippen LogP) is 0.651. The van der Waals surface area contributed by atoms with Gasteiger partial charge in [0.05, 0.1) is 0 Å². The highest BCUT2D eigenvalue weighted by atomic mass is 15.2. The summed E-state index contributed by atoms with van der Waals surface area (Å²) in [7, 11) is 0. The normalized spacial score (nSPS) is 24.7. The molecule has 1 heterocycles. The van der Waals surface area contributed by atoms with Gasteiger partial charge in [-0.15, -0.1) is 0 Å². The monoisotopic (exact) mass is 152 g/mol. The van der Waals surface area contributed by atoms with Crippen LogP contribution < -0.4 is 5.32 Å². The van der Waals surface area contributed by atoms with Crippen molar-refractivity contribution in [3.63, 3.8) is 0 Å². The number of nitrogens with one attached hydrogen (secondary N) is 1. The number of hydrogen-bond donors (Lipinski definition) is 1. The molecule has 0 saturated carbocycles. The Kier molecular flexibility index (Phi) is 3.25. The van der Waals surface area contributed by atoms with Gasteiger partial charge in [0.1, 0.15) is 0 Å². The summed E-state index contributed by atoms with van der Waals surface area (Å²) >= 11 is 0. The molecule has 1 saturated heterocycles. The van der Waals surface area contributed by atoms with Gasteiger partial charge in [-0.2, -0.15) is 0 Å². The van der Waals surface area contributed by atoms with Gasteiger partial charge in [-0.05, 0) is 6.42 Å². The lowest BCUT2D eigenvalue weighted by Gasteiger charge is -2.33. The second kappa shape index (κ2) is 4.25. The van der Waals surface area contributed by atoms with Crippen LogP contribution >= 0.6 is 0 Å². The third-order valence-corrected chi connectivity index (χ3v) is 2.14. The standard InChI is InChI=1S/C9H16N2/c1-3-5-9-8-10-6-7-11(9)4-2/h2,9-10H,3,5-8H2,1H3. The van der Waals surface area contributed by atoms with Crippen LogP contribution in [0.15, 0.2) is 0 Å². The minimum Gasteiger partial charge on any atom is -0.327 e. The Morgan fingerprint density at radius 1 is 1.73 bits per heavy atom. The average Bonchev–Trinajstić information content (AvgIpc) is 2.06. The maximum Gasteiger partial charge on any atom is 0.0496 e. The third-order valence-electron chi connectivity index (χ3n) is 2.14. The van der Waals surface area contributed by atoms with Gasteiger partial charge in [0.15, 0.2) is 0 Å². The summed E-state index contributed by atoms with van der Waals surface area (Å²) in [5.41, 5.74) is 0. The van der Waals surface area contributed by atoms with Crippen LogP contribution in [-0.4, -0.2) is 30.6 Å². The van der Waals surface area contributed by atoms with Crippen LogP contribution in [-0.2, 0) is 0 Å². The van der Waals surface area contributed by atoms with Gasteiger partial charge < -0.3 is 10.2 Å². The Bertz CT molecular complexity index is 146. The highest BCUT2D eigenvalue weighted by Gasteiger charge is 2.17. The molecule has 1 aliphatic rings. The van der Waals surface area contributed by atoms with Gasteiger partial charge in [-0.1, -0.05) is 19.8 Å². The van der Waals surface area contributed by atoms with Crippen LogP contribution in [0, 0.1) is 12.5 Å². The molecule has 0 radical (unpaired) electrons. The molecule has 0 aromatic heterocycles. The summed E-state index contributed by atoms with van der Waals surface area (Å²) in [6, 6.07) is 3.30. The zero-order valence-electron chi connectivity index (χ0n) is 7.14. The van der Waals surface area contributed by atoms with E-state index in [1.54, 1.807) is 0 Å². The van der Waals surface area contributed by atoms with E-state index in [0.29, 0.717) is 6.04 Å². The van der Waals surface area contributed by atoms with Gasteiger partial charge in [-0.25, -0.2) is 0 Å². The zero-order valence-corrected chi connectivity index (χ0v) is 7.14. The van der Waals surface area contributed by atoms with Crippen LogP contribution in [0.5, 0.6) is 0 Å². The SMILES string of the molecule is C#CN1CCNCC1CCC. The van der Waals surface area contributed by atoms with Crippen molar-refractivity contribution in [1.82, 2.24) is 10.2 Å². The average molecular weight is 152 g/mol. The van der Waals surface area contributed by atoms with E-state index in [0.717, 1.165) is 19.6 Å². The number of piperazine rings is 1. The molecule has 1 N–H and O–H groups in total. The number of terminal acetylenes is 1. The van der Waals surface area contributed by atoms with Crippen LogP contribution in [0.2, 0.25) is 0 Å². The molecule has 0 amide bonds. The van der Waals surface area contributed by atoms with Crippen LogP contribution in [0.3, 0.4) is 0 Å². The lowest BCUT2D eigenvalue weighted by Crippen LogP contribution is -2.48. The van der Waals surface area contributed by atoms with E-state index >= 15 is 0 Å². The maximum atomic E-state index is 5.37. The molecule has 62 valence electrons. The first-order valence-corrected chi connectivity index (χ1v) is 4.32. The second-order valence-electron chi connectivity index (χ2n) is 2.97. The van der Waals surface area contributed by atoms with Gasteiger partial charge in [0, 0.05) is 31.7 Å². The fraction of sp³-hybridized carbons (Fsp3) is 0.778. The molecule has 0 aromatic rings. The highest BCUT2D eigenvalue weighted by molar-refractivity contribution is 4.93. The highest BCUT2D eigenvalue weighted by Crippen LogP contribution is 2.07. The molecule has 1 aliphatic heterocycles. The van der Waals surface area contributed by atoms with Crippen molar-refractivity contribution in [1.29, 1.82) is 0 Å². The molecule has 0 aromatic carbocycles. The number of hydrogen-bond acceptors (Lipinski definition) is 2. The Labute approximate surface area is 69.0 Å². The van der Waals surface area contributed by atoms with Crippen molar-refractivity contribution < 1.29 is 0 Å². The lowest BCUT2D eigenvalue weighted by molar-refractivity contribution is 0.231. The summed E-state index contributed by atoms with van der Waals surface area (Å²) in [5.74, 6) is 0. The summed E-state index contributed by atoms with van der Waals surface area (Å²) in [5, 5.41) is 3.35. The van der Waals surface area contributed by atoms with Crippen molar-refractivity contribution >= 4 is 0 Å². The van der Waals surface area contributed by atoms with Gasteiger partial charge >= 0.3 is 0 Å². The van der Waals surface area contributed by atoms with Crippen molar-refractivity contribution in [3.8, 4) is 12.5 Å². The van der Waals surface area contributed by atoms with E-state index < -0.39 is 0 Å². The minimum absolute atomic E-state index is 0.568. The van der Waals surface area contributed by atoms with E-state index in [4.69, 9.17) is 6.42 Å². The van der Waals surface area contributed by atoms with E-state index in [1.807, 2.05) is 0 Å². The van der Waals surface area contributed by atoms with Gasteiger partial charge in [-0.3, -0.25) is 0 Å². The Morgan fingerprint density at radius 3 is 3.18 bits per heavy atom. The molecular weight excluding hydrogens is 136 g/mol.